The van der Waals surface area contributed by atoms with Crippen LogP contribution in [0.15, 0.2) is 47.2 Å². The lowest BCUT2D eigenvalue weighted by molar-refractivity contribution is -0.153. The molecule has 4 rings (SSSR count). The van der Waals surface area contributed by atoms with Crippen LogP contribution in [0.1, 0.15) is 50.8 Å². The van der Waals surface area contributed by atoms with Gasteiger partial charge in [-0.15, -0.1) is 0 Å². The minimum atomic E-state index is -0.824. The Bertz CT molecular complexity index is 929. The van der Waals surface area contributed by atoms with E-state index in [1.807, 2.05) is 31.2 Å². The van der Waals surface area contributed by atoms with Crippen LogP contribution in [0.2, 0.25) is 0 Å². The van der Waals surface area contributed by atoms with Crippen molar-refractivity contribution in [3.8, 4) is 0 Å². The van der Waals surface area contributed by atoms with Crippen LogP contribution >= 0.6 is 0 Å². The summed E-state index contributed by atoms with van der Waals surface area (Å²) in [6.45, 7) is 5.37. The Morgan fingerprint density at radius 1 is 1.29 bits per heavy atom. The summed E-state index contributed by atoms with van der Waals surface area (Å²) < 4.78 is 10.9. The highest BCUT2D eigenvalue weighted by Crippen LogP contribution is 2.49. The van der Waals surface area contributed by atoms with Crippen LogP contribution in [0.5, 0.6) is 0 Å². The maximum absolute atomic E-state index is 13.1. The molecule has 146 valence electrons. The highest BCUT2D eigenvalue weighted by atomic mass is 16.7. The van der Waals surface area contributed by atoms with Crippen molar-refractivity contribution in [2.75, 3.05) is 0 Å². The minimum Gasteiger partial charge on any atom is -0.458 e. The summed E-state index contributed by atoms with van der Waals surface area (Å²) in [4.78, 5) is 38.9. The molecular formula is C22H23NO5. The summed E-state index contributed by atoms with van der Waals surface area (Å²) in [6.07, 6.45) is 2.25. The topological polar surface area (TPSA) is 72.9 Å². The molecular weight excluding hydrogens is 358 g/mol. The predicted molar refractivity (Wildman–Crippen MR) is 101 cm³/mol. The average Bonchev–Trinajstić information content (AvgIpc) is 3.25. The van der Waals surface area contributed by atoms with Gasteiger partial charge in [0, 0.05) is 23.5 Å². The lowest BCUT2D eigenvalue weighted by Crippen LogP contribution is -2.34. The molecule has 0 N–H and O–H groups in total. The molecule has 0 radical (unpaired) electrons. The summed E-state index contributed by atoms with van der Waals surface area (Å²) in [5, 5.41) is 0. The molecule has 2 heterocycles. The van der Waals surface area contributed by atoms with Gasteiger partial charge in [-0.25, -0.2) is 4.79 Å². The van der Waals surface area contributed by atoms with E-state index < -0.39 is 12.3 Å². The molecule has 1 saturated heterocycles. The van der Waals surface area contributed by atoms with Crippen molar-refractivity contribution in [1.82, 2.24) is 4.90 Å². The largest absolute Gasteiger partial charge is 0.458 e. The van der Waals surface area contributed by atoms with Gasteiger partial charge in [0.25, 0.3) is 12.2 Å². The fourth-order valence-corrected chi connectivity index (χ4v) is 4.21. The van der Waals surface area contributed by atoms with E-state index in [9.17, 15) is 14.4 Å². The van der Waals surface area contributed by atoms with E-state index in [0.29, 0.717) is 36.0 Å². The number of cyclic esters (lactones) is 1. The molecule has 0 saturated carbocycles. The Morgan fingerprint density at radius 3 is 2.71 bits per heavy atom. The summed E-state index contributed by atoms with van der Waals surface area (Å²) in [7, 11) is 0. The third-order valence-corrected chi connectivity index (χ3v) is 5.85. The molecule has 3 aliphatic rings. The van der Waals surface area contributed by atoms with E-state index in [-0.39, 0.29) is 23.8 Å². The highest BCUT2D eigenvalue weighted by Gasteiger charge is 2.51. The van der Waals surface area contributed by atoms with Crippen LogP contribution in [0.4, 0.5) is 0 Å². The SMILES string of the molecule is CCCC(=O)N1C(=O)/C(=C/OC2OC(=O)C(C)=C2C)C2Cc3ccccc3C21. The first-order valence-electron chi connectivity index (χ1n) is 9.62. The molecule has 1 aliphatic carbocycles. The number of nitrogens with zero attached hydrogens (tertiary/aromatic N) is 1. The number of likely N-dealkylation sites (tertiary alicyclic amines) is 1. The van der Waals surface area contributed by atoms with Crippen molar-refractivity contribution in [3.63, 3.8) is 0 Å². The van der Waals surface area contributed by atoms with Gasteiger partial charge in [0.15, 0.2) is 0 Å². The number of hydrogen-bond donors (Lipinski definition) is 0. The van der Waals surface area contributed by atoms with Gasteiger partial charge in [0.2, 0.25) is 5.91 Å². The molecule has 2 amide bonds. The van der Waals surface area contributed by atoms with Crippen LogP contribution in [0.3, 0.4) is 0 Å². The Hall–Kier alpha value is -2.89. The first kappa shape index (κ1) is 18.5. The van der Waals surface area contributed by atoms with Gasteiger partial charge in [0.05, 0.1) is 17.9 Å². The summed E-state index contributed by atoms with van der Waals surface area (Å²) >= 11 is 0. The monoisotopic (exact) mass is 381 g/mol. The molecule has 0 bridgehead atoms. The van der Waals surface area contributed by atoms with Crippen molar-refractivity contribution in [2.45, 2.75) is 52.4 Å². The molecule has 1 fully saturated rings. The van der Waals surface area contributed by atoms with E-state index in [1.165, 1.54) is 11.2 Å². The van der Waals surface area contributed by atoms with E-state index >= 15 is 0 Å². The standard InChI is InChI=1S/C22H23NO5/c1-4-7-18(24)23-19-15-9-6-5-8-14(15)10-16(19)17(20(23)25)11-27-22-13(3)12(2)21(26)28-22/h5-6,8-9,11,16,19,22H,4,7,10H2,1-3H3/b17-11+. The lowest BCUT2D eigenvalue weighted by Gasteiger charge is -2.22. The normalized spacial score (nSPS) is 27.3. The van der Waals surface area contributed by atoms with Crippen molar-refractivity contribution in [2.24, 2.45) is 5.92 Å². The zero-order chi connectivity index (χ0) is 20.0. The zero-order valence-electron chi connectivity index (χ0n) is 16.2. The quantitative estimate of drug-likeness (QED) is 0.455. The molecule has 3 unspecified atom stereocenters. The number of carbonyl (C=O) groups is 3. The Balaban J connectivity index is 1.67. The second-order valence-electron chi connectivity index (χ2n) is 7.53. The summed E-state index contributed by atoms with van der Waals surface area (Å²) in [5.74, 6) is -1.04. The average molecular weight is 381 g/mol. The van der Waals surface area contributed by atoms with Crippen LogP contribution in [0, 0.1) is 5.92 Å². The number of amides is 2. The first-order chi connectivity index (χ1) is 13.4. The van der Waals surface area contributed by atoms with E-state index in [0.717, 1.165) is 11.1 Å². The van der Waals surface area contributed by atoms with Gasteiger partial charge < -0.3 is 9.47 Å². The van der Waals surface area contributed by atoms with Gasteiger partial charge in [0.1, 0.15) is 0 Å². The number of imide groups is 1. The van der Waals surface area contributed by atoms with Gasteiger partial charge in [-0.3, -0.25) is 14.5 Å². The Labute approximate surface area is 163 Å². The van der Waals surface area contributed by atoms with Gasteiger partial charge in [-0.1, -0.05) is 31.2 Å². The van der Waals surface area contributed by atoms with E-state index in [4.69, 9.17) is 9.47 Å². The van der Waals surface area contributed by atoms with Crippen LogP contribution in [-0.4, -0.2) is 29.0 Å². The summed E-state index contributed by atoms with van der Waals surface area (Å²) in [5.41, 5.74) is 3.83. The van der Waals surface area contributed by atoms with Gasteiger partial charge >= 0.3 is 5.97 Å². The number of carbonyl (C=O) groups excluding carboxylic acids is 3. The van der Waals surface area contributed by atoms with Gasteiger partial charge in [-0.05, 0) is 37.8 Å². The van der Waals surface area contributed by atoms with E-state index in [2.05, 4.69) is 0 Å². The number of ether oxygens (including phenoxy) is 2. The molecule has 2 aliphatic heterocycles. The Kier molecular flexibility index (Phi) is 4.57. The summed E-state index contributed by atoms with van der Waals surface area (Å²) in [6, 6.07) is 7.63. The second kappa shape index (κ2) is 6.93. The van der Waals surface area contributed by atoms with Crippen molar-refractivity contribution < 1.29 is 23.9 Å². The van der Waals surface area contributed by atoms with E-state index in [1.54, 1.807) is 13.8 Å². The third-order valence-electron chi connectivity index (χ3n) is 5.85. The van der Waals surface area contributed by atoms with Crippen LogP contribution in [-0.2, 0) is 30.3 Å². The number of benzene rings is 1. The van der Waals surface area contributed by atoms with Crippen molar-refractivity contribution >= 4 is 17.8 Å². The maximum Gasteiger partial charge on any atom is 0.337 e. The highest BCUT2D eigenvalue weighted by molar-refractivity contribution is 6.07. The zero-order valence-corrected chi connectivity index (χ0v) is 16.2. The molecule has 1 aromatic carbocycles. The molecule has 6 nitrogen and oxygen atoms in total. The molecule has 0 spiro atoms. The smallest absolute Gasteiger partial charge is 0.337 e. The first-order valence-corrected chi connectivity index (χ1v) is 9.62. The number of rotatable bonds is 4. The Morgan fingerprint density at radius 2 is 2.04 bits per heavy atom. The molecule has 28 heavy (non-hydrogen) atoms. The number of fused-ring (bicyclic) bond motifs is 3. The fourth-order valence-electron chi connectivity index (χ4n) is 4.21. The fraction of sp³-hybridized carbons (Fsp3) is 0.409. The van der Waals surface area contributed by atoms with Crippen LogP contribution in [0.25, 0.3) is 0 Å². The van der Waals surface area contributed by atoms with Gasteiger partial charge in [-0.2, -0.15) is 0 Å². The maximum atomic E-state index is 13.1. The number of hydrogen-bond acceptors (Lipinski definition) is 5. The number of esters is 1. The van der Waals surface area contributed by atoms with Crippen LogP contribution < -0.4 is 0 Å². The molecule has 6 heteroatoms. The van der Waals surface area contributed by atoms with Crippen molar-refractivity contribution in [1.29, 1.82) is 0 Å². The molecule has 1 aromatic rings. The molecule has 3 atom stereocenters. The second-order valence-corrected chi connectivity index (χ2v) is 7.53. The predicted octanol–water partition coefficient (Wildman–Crippen LogP) is 3.19. The molecule has 0 aromatic heterocycles. The lowest BCUT2D eigenvalue weighted by atomic mass is 9.97. The minimum absolute atomic E-state index is 0.145. The van der Waals surface area contributed by atoms with Crippen molar-refractivity contribution in [3.05, 3.63) is 58.4 Å². The third kappa shape index (κ3) is 2.75.